The van der Waals surface area contributed by atoms with E-state index in [4.69, 9.17) is 14.5 Å². The van der Waals surface area contributed by atoms with Crippen molar-refractivity contribution in [1.82, 2.24) is 13.9 Å². The Bertz CT molecular complexity index is 1150. The van der Waals surface area contributed by atoms with Crippen LogP contribution >= 0.6 is 11.8 Å². The van der Waals surface area contributed by atoms with Gasteiger partial charge in [0, 0.05) is 25.4 Å². The van der Waals surface area contributed by atoms with Crippen molar-refractivity contribution in [2.24, 2.45) is 0 Å². The molecule has 2 aromatic carbocycles. The minimum absolute atomic E-state index is 0.280. The third-order valence-electron chi connectivity index (χ3n) is 5.27. The highest BCUT2D eigenvalue weighted by Gasteiger charge is 2.27. The van der Waals surface area contributed by atoms with E-state index in [1.54, 1.807) is 23.9 Å². The maximum Gasteiger partial charge on any atom is 0.243 e. The van der Waals surface area contributed by atoms with Crippen LogP contribution in [0.4, 0.5) is 0 Å². The van der Waals surface area contributed by atoms with E-state index in [0.29, 0.717) is 38.4 Å². The fourth-order valence-electron chi connectivity index (χ4n) is 3.60. The van der Waals surface area contributed by atoms with Crippen molar-refractivity contribution in [1.29, 1.82) is 0 Å². The first kappa shape index (κ1) is 22.1. The first-order chi connectivity index (χ1) is 15.0. The Hall–Kier alpha value is -2.07. The lowest BCUT2D eigenvalue weighted by Crippen LogP contribution is -2.40. The second-order valence-electron chi connectivity index (χ2n) is 7.27. The number of thioether (sulfide) groups is 1. The Labute approximate surface area is 187 Å². The van der Waals surface area contributed by atoms with Crippen LogP contribution in [0.15, 0.2) is 52.5 Å². The van der Waals surface area contributed by atoms with E-state index in [1.807, 2.05) is 37.3 Å². The van der Waals surface area contributed by atoms with Crippen molar-refractivity contribution in [3.63, 3.8) is 0 Å². The van der Waals surface area contributed by atoms with Crippen molar-refractivity contribution in [3.05, 3.63) is 48.0 Å². The van der Waals surface area contributed by atoms with Crippen LogP contribution in [-0.2, 0) is 21.3 Å². The Kier molecular flexibility index (Phi) is 6.86. The molecule has 9 heteroatoms. The summed E-state index contributed by atoms with van der Waals surface area (Å²) in [6, 6.07) is 13.2. The van der Waals surface area contributed by atoms with Gasteiger partial charge in [0.05, 0.1) is 35.7 Å². The summed E-state index contributed by atoms with van der Waals surface area (Å²) in [5, 5.41) is 0.867. The Morgan fingerprint density at radius 1 is 1.16 bits per heavy atom. The molecular formula is C22H27N3O4S2. The van der Waals surface area contributed by atoms with E-state index in [0.717, 1.165) is 34.3 Å². The van der Waals surface area contributed by atoms with E-state index in [2.05, 4.69) is 11.5 Å². The minimum atomic E-state index is -3.54. The zero-order valence-corrected chi connectivity index (χ0v) is 19.4. The number of aryl methyl sites for hydroxylation is 2. The predicted octanol–water partition coefficient (Wildman–Crippen LogP) is 3.56. The molecule has 0 radical (unpaired) electrons. The third kappa shape index (κ3) is 4.74. The zero-order chi connectivity index (χ0) is 21.8. The summed E-state index contributed by atoms with van der Waals surface area (Å²) in [5.74, 6) is 1.64. The molecule has 0 atom stereocenters. The van der Waals surface area contributed by atoms with Gasteiger partial charge in [-0.05, 0) is 43.7 Å². The number of imidazole rings is 1. The van der Waals surface area contributed by atoms with Crippen molar-refractivity contribution in [2.75, 3.05) is 38.7 Å². The molecule has 0 aliphatic carbocycles. The number of hydrogen-bond acceptors (Lipinski definition) is 6. The van der Waals surface area contributed by atoms with Crippen molar-refractivity contribution < 1.29 is 17.9 Å². The van der Waals surface area contributed by atoms with Crippen molar-refractivity contribution in [2.45, 2.75) is 30.4 Å². The largest absolute Gasteiger partial charge is 0.492 e. The Morgan fingerprint density at radius 3 is 2.68 bits per heavy atom. The number of hydrogen-bond donors (Lipinski definition) is 0. The number of nitrogens with zero attached hydrogens (tertiary/aromatic N) is 3. The van der Waals surface area contributed by atoms with E-state index >= 15 is 0 Å². The van der Waals surface area contributed by atoms with Gasteiger partial charge in [-0.2, -0.15) is 4.31 Å². The molecule has 1 aliphatic rings. The molecule has 3 aromatic rings. The molecule has 166 valence electrons. The number of fused-ring (bicyclic) bond motifs is 1. The highest BCUT2D eigenvalue weighted by Crippen LogP contribution is 2.28. The van der Waals surface area contributed by atoms with Crippen molar-refractivity contribution >= 4 is 32.8 Å². The van der Waals surface area contributed by atoms with Crippen LogP contribution in [0.1, 0.15) is 12.5 Å². The van der Waals surface area contributed by atoms with Gasteiger partial charge in [0.25, 0.3) is 0 Å². The maximum absolute atomic E-state index is 13.0. The first-order valence-electron chi connectivity index (χ1n) is 10.4. The molecule has 0 amide bonds. The molecule has 4 rings (SSSR count). The van der Waals surface area contributed by atoms with Gasteiger partial charge >= 0.3 is 0 Å². The number of rotatable bonds is 8. The number of morpholine rings is 1. The second kappa shape index (κ2) is 9.60. The van der Waals surface area contributed by atoms with Crippen LogP contribution < -0.4 is 4.74 Å². The maximum atomic E-state index is 13.0. The third-order valence-corrected chi connectivity index (χ3v) is 8.11. The summed E-state index contributed by atoms with van der Waals surface area (Å²) in [6.07, 6.45) is 0. The van der Waals surface area contributed by atoms with E-state index in [-0.39, 0.29) is 4.90 Å². The Balaban J connectivity index is 1.50. The molecule has 31 heavy (non-hydrogen) atoms. The Morgan fingerprint density at radius 2 is 1.94 bits per heavy atom. The number of para-hydroxylation sites is 1. The van der Waals surface area contributed by atoms with Crippen LogP contribution in [0.2, 0.25) is 0 Å². The first-order valence-corrected chi connectivity index (χ1v) is 12.8. The fraction of sp³-hybridized carbons (Fsp3) is 0.409. The summed E-state index contributed by atoms with van der Waals surface area (Å²) >= 11 is 1.61. The SMILES string of the molecule is CCn1c(SCCOc2ccccc2C)nc2cc(S(=O)(=O)N3CCOCC3)ccc21. The van der Waals surface area contributed by atoms with E-state index in [1.165, 1.54) is 4.31 Å². The van der Waals surface area contributed by atoms with Gasteiger partial charge in [-0.15, -0.1) is 0 Å². The lowest BCUT2D eigenvalue weighted by atomic mass is 10.2. The molecule has 1 aliphatic heterocycles. The van der Waals surface area contributed by atoms with Gasteiger partial charge in [-0.1, -0.05) is 30.0 Å². The molecule has 0 saturated carbocycles. The highest BCUT2D eigenvalue weighted by atomic mass is 32.2. The van der Waals surface area contributed by atoms with Crippen LogP contribution in [-0.4, -0.2) is 60.9 Å². The zero-order valence-electron chi connectivity index (χ0n) is 17.8. The van der Waals surface area contributed by atoms with Crippen LogP contribution in [0, 0.1) is 6.92 Å². The van der Waals surface area contributed by atoms with E-state index < -0.39 is 10.0 Å². The molecule has 0 unspecified atom stereocenters. The summed E-state index contributed by atoms with van der Waals surface area (Å²) in [5.41, 5.74) is 2.74. The molecule has 1 aromatic heterocycles. The fourth-order valence-corrected chi connectivity index (χ4v) is 5.93. The van der Waals surface area contributed by atoms with Gasteiger partial charge in [0.1, 0.15) is 5.75 Å². The van der Waals surface area contributed by atoms with Crippen LogP contribution in [0.3, 0.4) is 0 Å². The normalized spacial score (nSPS) is 15.4. The summed E-state index contributed by atoms with van der Waals surface area (Å²) in [4.78, 5) is 5.01. The smallest absolute Gasteiger partial charge is 0.243 e. The van der Waals surface area contributed by atoms with Gasteiger partial charge in [-0.25, -0.2) is 13.4 Å². The van der Waals surface area contributed by atoms with Crippen molar-refractivity contribution in [3.8, 4) is 5.75 Å². The molecule has 0 bridgehead atoms. The topological polar surface area (TPSA) is 73.7 Å². The molecule has 1 saturated heterocycles. The quantitative estimate of drug-likeness (QED) is 0.377. The number of sulfonamides is 1. The molecule has 1 fully saturated rings. The van der Waals surface area contributed by atoms with Gasteiger partial charge < -0.3 is 14.0 Å². The molecule has 0 N–H and O–H groups in total. The van der Waals surface area contributed by atoms with Gasteiger partial charge in [0.15, 0.2) is 5.16 Å². The highest BCUT2D eigenvalue weighted by molar-refractivity contribution is 7.99. The molecule has 0 spiro atoms. The van der Waals surface area contributed by atoms with Gasteiger partial charge in [0.2, 0.25) is 10.0 Å². The molecule has 2 heterocycles. The lowest BCUT2D eigenvalue weighted by Gasteiger charge is -2.26. The number of ether oxygens (including phenoxy) is 2. The lowest BCUT2D eigenvalue weighted by molar-refractivity contribution is 0.0730. The molecular weight excluding hydrogens is 434 g/mol. The number of benzene rings is 2. The monoisotopic (exact) mass is 461 g/mol. The molecule has 7 nitrogen and oxygen atoms in total. The number of aromatic nitrogens is 2. The summed E-state index contributed by atoms with van der Waals surface area (Å²) in [7, 11) is -3.54. The predicted molar refractivity (Wildman–Crippen MR) is 122 cm³/mol. The standard InChI is InChI=1S/C22H27N3O4S2/c1-3-25-20-9-8-18(31(26,27)24-10-12-28-13-11-24)16-19(20)23-22(25)30-15-14-29-21-7-5-4-6-17(21)2/h4-9,16H,3,10-15H2,1-2H3. The van der Waals surface area contributed by atoms with Crippen LogP contribution in [0.5, 0.6) is 5.75 Å². The van der Waals surface area contributed by atoms with Crippen LogP contribution in [0.25, 0.3) is 11.0 Å². The average Bonchev–Trinajstić information content (AvgIpc) is 3.15. The summed E-state index contributed by atoms with van der Waals surface area (Å²) in [6.45, 7) is 7.03. The summed E-state index contributed by atoms with van der Waals surface area (Å²) < 4.78 is 40.7. The minimum Gasteiger partial charge on any atom is -0.492 e. The average molecular weight is 462 g/mol. The van der Waals surface area contributed by atoms with E-state index in [9.17, 15) is 8.42 Å². The second-order valence-corrected chi connectivity index (χ2v) is 10.3. The van der Waals surface area contributed by atoms with Gasteiger partial charge in [-0.3, -0.25) is 0 Å².